The third-order valence-corrected chi connectivity index (χ3v) is 2.79. The first-order chi connectivity index (χ1) is 9.35. The Morgan fingerprint density at radius 2 is 2.00 bits per heavy atom. The van der Waals surface area contributed by atoms with E-state index in [1.807, 2.05) is 0 Å². The van der Waals surface area contributed by atoms with Crippen LogP contribution in [0.2, 0.25) is 5.02 Å². The zero-order valence-corrected chi connectivity index (χ0v) is 11.5. The van der Waals surface area contributed by atoms with Crippen LogP contribution in [-0.4, -0.2) is 30.8 Å². The number of rotatable bonds is 5. The zero-order chi connectivity index (χ0) is 15.3. The fourth-order valence-corrected chi connectivity index (χ4v) is 1.66. The van der Waals surface area contributed by atoms with E-state index in [0.29, 0.717) is 5.69 Å². The van der Waals surface area contributed by atoms with Crippen LogP contribution in [0.5, 0.6) is 0 Å². The van der Waals surface area contributed by atoms with Crippen LogP contribution in [0.1, 0.15) is 16.8 Å². The number of halogens is 1. The summed E-state index contributed by atoms with van der Waals surface area (Å²) in [5.74, 6) is -1.63. The fraction of sp³-hybridized carbons (Fsp3) is 0.250. The minimum atomic E-state index is -1.05. The van der Waals surface area contributed by atoms with E-state index >= 15 is 0 Å². The molecule has 1 unspecified atom stereocenters. The van der Waals surface area contributed by atoms with E-state index in [4.69, 9.17) is 23.1 Å². The molecule has 1 aromatic rings. The average Bonchev–Trinajstić information content (AvgIpc) is 2.39. The number of amides is 3. The Balaban J connectivity index is 2.85. The van der Waals surface area contributed by atoms with Crippen molar-refractivity contribution >= 4 is 35.0 Å². The molecule has 1 atom stereocenters. The third-order valence-electron chi connectivity index (χ3n) is 2.46. The predicted octanol–water partition coefficient (Wildman–Crippen LogP) is -0.159. The Hall–Kier alpha value is -2.12. The van der Waals surface area contributed by atoms with Gasteiger partial charge in [0.2, 0.25) is 11.8 Å². The summed E-state index contributed by atoms with van der Waals surface area (Å²) in [5, 5.41) is 5.17. The van der Waals surface area contributed by atoms with Gasteiger partial charge in [-0.3, -0.25) is 14.4 Å². The topological polar surface area (TPSA) is 127 Å². The fourth-order valence-electron chi connectivity index (χ4n) is 1.46. The molecule has 108 valence electrons. The van der Waals surface area contributed by atoms with Crippen molar-refractivity contribution in [2.24, 2.45) is 11.5 Å². The van der Waals surface area contributed by atoms with Crippen LogP contribution in [0.3, 0.4) is 0 Å². The minimum Gasteiger partial charge on any atom is -0.370 e. The molecule has 1 aromatic carbocycles. The van der Waals surface area contributed by atoms with Crippen molar-refractivity contribution in [3.05, 3.63) is 28.8 Å². The first kappa shape index (κ1) is 15.9. The molecule has 0 aromatic heterocycles. The lowest BCUT2D eigenvalue weighted by Gasteiger charge is -2.12. The molecule has 8 heteroatoms. The molecule has 0 aliphatic heterocycles. The molecule has 7 nitrogen and oxygen atoms in total. The van der Waals surface area contributed by atoms with Crippen LogP contribution in [0.4, 0.5) is 5.69 Å². The van der Waals surface area contributed by atoms with E-state index in [1.54, 1.807) is 0 Å². The molecule has 0 heterocycles. The quantitative estimate of drug-likeness (QED) is 0.602. The Labute approximate surface area is 120 Å². The second-order valence-corrected chi connectivity index (χ2v) is 4.45. The van der Waals surface area contributed by atoms with Gasteiger partial charge in [-0.1, -0.05) is 11.6 Å². The van der Waals surface area contributed by atoms with Crippen LogP contribution in [0, 0.1) is 0 Å². The number of hydrogen-bond acceptors (Lipinski definition) is 4. The van der Waals surface area contributed by atoms with Crippen LogP contribution >= 0.6 is 11.6 Å². The number of benzene rings is 1. The maximum atomic E-state index is 11.7. The number of hydrogen-bond donors (Lipinski definition) is 4. The zero-order valence-electron chi connectivity index (χ0n) is 10.8. The van der Waals surface area contributed by atoms with E-state index in [9.17, 15) is 14.4 Å². The molecule has 0 aliphatic carbocycles. The van der Waals surface area contributed by atoms with Crippen molar-refractivity contribution in [3.8, 4) is 0 Å². The third kappa shape index (κ3) is 4.22. The SMILES string of the molecule is CNC(=O)c1cc(NC(=O)C(N)CC(N)=O)ccc1Cl. The largest absolute Gasteiger partial charge is 0.370 e. The standard InChI is InChI=1S/C12H15ClN4O3/c1-16-11(19)7-4-6(2-3-8(7)13)17-12(20)9(14)5-10(15)18/h2-4,9H,5,14H2,1H3,(H2,15,18)(H,16,19)(H,17,20). The molecule has 0 saturated carbocycles. The van der Waals surface area contributed by atoms with Crippen molar-refractivity contribution in [1.29, 1.82) is 0 Å². The van der Waals surface area contributed by atoms with E-state index in [2.05, 4.69) is 10.6 Å². The van der Waals surface area contributed by atoms with Crippen molar-refractivity contribution in [2.45, 2.75) is 12.5 Å². The van der Waals surface area contributed by atoms with Gasteiger partial charge in [-0.2, -0.15) is 0 Å². The first-order valence-electron chi connectivity index (χ1n) is 5.71. The Kier molecular flexibility index (Phi) is 5.48. The number of anilines is 1. The lowest BCUT2D eigenvalue weighted by atomic mass is 10.1. The Bertz CT molecular complexity index is 548. The monoisotopic (exact) mass is 298 g/mol. The maximum absolute atomic E-state index is 11.7. The molecule has 6 N–H and O–H groups in total. The van der Waals surface area contributed by atoms with Crippen LogP contribution in [0.25, 0.3) is 0 Å². The highest BCUT2D eigenvalue weighted by Crippen LogP contribution is 2.20. The van der Waals surface area contributed by atoms with Crippen molar-refractivity contribution in [1.82, 2.24) is 5.32 Å². The molecule has 0 spiro atoms. The molecular weight excluding hydrogens is 284 g/mol. The molecule has 3 amide bonds. The van der Waals surface area contributed by atoms with Gasteiger partial charge in [-0.05, 0) is 18.2 Å². The van der Waals surface area contributed by atoms with Gasteiger partial charge < -0.3 is 22.1 Å². The predicted molar refractivity (Wildman–Crippen MR) is 75.3 cm³/mol. The molecule has 0 fully saturated rings. The average molecular weight is 299 g/mol. The van der Waals surface area contributed by atoms with Crippen molar-refractivity contribution in [3.63, 3.8) is 0 Å². The Morgan fingerprint density at radius 3 is 2.55 bits per heavy atom. The van der Waals surface area contributed by atoms with Gasteiger partial charge >= 0.3 is 0 Å². The summed E-state index contributed by atoms with van der Waals surface area (Å²) in [7, 11) is 1.46. The lowest BCUT2D eigenvalue weighted by Crippen LogP contribution is -2.39. The lowest BCUT2D eigenvalue weighted by molar-refractivity contribution is -0.123. The summed E-state index contributed by atoms with van der Waals surface area (Å²) in [6, 6.07) is 3.35. The van der Waals surface area contributed by atoms with Gasteiger partial charge in [-0.15, -0.1) is 0 Å². The normalized spacial score (nSPS) is 11.6. The number of carbonyl (C=O) groups is 3. The molecular formula is C12H15ClN4O3. The number of primary amides is 1. The summed E-state index contributed by atoms with van der Waals surface area (Å²) < 4.78 is 0. The highest BCUT2D eigenvalue weighted by molar-refractivity contribution is 6.34. The van der Waals surface area contributed by atoms with E-state index in [-0.39, 0.29) is 22.9 Å². The minimum absolute atomic E-state index is 0.218. The van der Waals surface area contributed by atoms with Crippen molar-refractivity contribution < 1.29 is 14.4 Å². The van der Waals surface area contributed by atoms with Gasteiger partial charge in [0.05, 0.1) is 23.0 Å². The highest BCUT2D eigenvalue weighted by atomic mass is 35.5. The van der Waals surface area contributed by atoms with Crippen LogP contribution in [0.15, 0.2) is 18.2 Å². The second-order valence-electron chi connectivity index (χ2n) is 4.04. The van der Waals surface area contributed by atoms with Gasteiger partial charge in [0, 0.05) is 12.7 Å². The number of carbonyl (C=O) groups excluding carboxylic acids is 3. The molecule has 20 heavy (non-hydrogen) atoms. The van der Waals surface area contributed by atoms with Gasteiger partial charge in [0.1, 0.15) is 0 Å². The summed E-state index contributed by atoms with van der Waals surface area (Å²) >= 11 is 5.88. The van der Waals surface area contributed by atoms with E-state index < -0.39 is 17.9 Å². The molecule has 0 bridgehead atoms. The first-order valence-corrected chi connectivity index (χ1v) is 6.09. The smallest absolute Gasteiger partial charge is 0.252 e. The van der Waals surface area contributed by atoms with Gasteiger partial charge in [-0.25, -0.2) is 0 Å². The van der Waals surface area contributed by atoms with Crippen molar-refractivity contribution in [2.75, 3.05) is 12.4 Å². The summed E-state index contributed by atoms with van der Waals surface area (Å²) in [5.41, 5.74) is 11.0. The maximum Gasteiger partial charge on any atom is 0.252 e. The summed E-state index contributed by atoms with van der Waals surface area (Å²) in [6.45, 7) is 0. The van der Waals surface area contributed by atoms with Crippen LogP contribution in [-0.2, 0) is 9.59 Å². The number of nitrogens with one attached hydrogen (secondary N) is 2. The molecule has 1 rings (SSSR count). The molecule has 0 radical (unpaired) electrons. The van der Waals surface area contributed by atoms with E-state index in [0.717, 1.165) is 0 Å². The van der Waals surface area contributed by atoms with Gasteiger partial charge in [0.25, 0.3) is 5.91 Å². The summed E-state index contributed by atoms with van der Waals surface area (Å²) in [6.07, 6.45) is -0.262. The highest BCUT2D eigenvalue weighted by Gasteiger charge is 2.17. The van der Waals surface area contributed by atoms with Gasteiger partial charge in [0.15, 0.2) is 0 Å². The second kappa shape index (κ2) is 6.88. The van der Waals surface area contributed by atoms with Crippen LogP contribution < -0.4 is 22.1 Å². The number of nitrogens with two attached hydrogens (primary N) is 2. The Morgan fingerprint density at radius 1 is 1.35 bits per heavy atom. The van der Waals surface area contributed by atoms with E-state index in [1.165, 1.54) is 25.2 Å². The summed E-state index contributed by atoms with van der Waals surface area (Å²) in [4.78, 5) is 33.9. The molecule has 0 aliphatic rings. The molecule has 0 saturated heterocycles.